The molecule has 1 N–H and O–H groups in total. The maximum atomic E-state index is 11.9. The number of halogens is 1. The standard InChI is InChI=1S/C13H9ClN4O2S/c1-7-5-10(20-18-7)11(19)15-13-17-16-12(21-13)8-3-2-4-9(14)6-8/h2-6H,1H3,(H,15,17,19). The van der Waals surface area contributed by atoms with Crippen LogP contribution in [0.5, 0.6) is 0 Å². The highest BCUT2D eigenvalue weighted by Crippen LogP contribution is 2.28. The second-order valence-corrected chi connectivity index (χ2v) is 5.62. The van der Waals surface area contributed by atoms with E-state index >= 15 is 0 Å². The van der Waals surface area contributed by atoms with E-state index in [1.807, 2.05) is 12.1 Å². The molecule has 0 saturated carbocycles. The molecule has 2 aromatic heterocycles. The van der Waals surface area contributed by atoms with Crippen molar-refractivity contribution in [1.29, 1.82) is 0 Å². The molecule has 1 aromatic carbocycles. The van der Waals surface area contributed by atoms with Crippen LogP contribution >= 0.6 is 22.9 Å². The van der Waals surface area contributed by atoms with E-state index < -0.39 is 5.91 Å². The minimum Gasteiger partial charge on any atom is -0.351 e. The Morgan fingerprint density at radius 2 is 2.19 bits per heavy atom. The molecule has 0 radical (unpaired) electrons. The Hall–Kier alpha value is -2.25. The van der Waals surface area contributed by atoms with Crippen molar-refractivity contribution in [2.24, 2.45) is 0 Å². The van der Waals surface area contributed by atoms with Crippen LogP contribution in [0.4, 0.5) is 5.13 Å². The minimum atomic E-state index is -0.413. The number of rotatable bonds is 3. The Morgan fingerprint density at radius 3 is 2.90 bits per heavy atom. The number of benzene rings is 1. The van der Waals surface area contributed by atoms with Gasteiger partial charge in [0.05, 0.1) is 5.69 Å². The molecule has 0 saturated heterocycles. The molecule has 8 heteroatoms. The summed E-state index contributed by atoms with van der Waals surface area (Å²) in [4.78, 5) is 11.9. The van der Waals surface area contributed by atoms with Gasteiger partial charge in [0.1, 0.15) is 5.01 Å². The number of nitrogens with one attached hydrogen (secondary N) is 1. The summed E-state index contributed by atoms with van der Waals surface area (Å²) in [6.07, 6.45) is 0. The van der Waals surface area contributed by atoms with E-state index in [0.717, 1.165) is 5.56 Å². The monoisotopic (exact) mass is 320 g/mol. The number of anilines is 1. The van der Waals surface area contributed by atoms with Gasteiger partial charge in [-0.2, -0.15) is 0 Å². The Kier molecular flexibility index (Phi) is 3.68. The summed E-state index contributed by atoms with van der Waals surface area (Å²) >= 11 is 7.19. The lowest BCUT2D eigenvalue weighted by molar-refractivity contribution is 0.0988. The third-order valence-electron chi connectivity index (χ3n) is 2.57. The Balaban J connectivity index is 1.78. The van der Waals surface area contributed by atoms with Crippen LogP contribution in [0.25, 0.3) is 10.6 Å². The van der Waals surface area contributed by atoms with E-state index in [4.69, 9.17) is 16.1 Å². The van der Waals surface area contributed by atoms with Crippen molar-refractivity contribution in [3.63, 3.8) is 0 Å². The molecule has 3 aromatic rings. The van der Waals surface area contributed by atoms with Crippen LogP contribution in [0.3, 0.4) is 0 Å². The quantitative estimate of drug-likeness (QED) is 0.799. The molecule has 0 spiro atoms. The van der Waals surface area contributed by atoms with Crippen LogP contribution in [-0.2, 0) is 0 Å². The number of amides is 1. The topological polar surface area (TPSA) is 80.9 Å². The largest absolute Gasteiger partial charge is 0.351 e. The van der Waals surface area contributed by atoms with Crippen LogP contribution in [0, 0.1) is 6.92 Å². The van der Waals surface area contributed by atoms with Gasteiger partial charge in [-0.3, -0.25) is 10.1 Å². The second-order valence-electron chi connectivity index (χ2n) is 4.21. The fourth-order valence-corrected chi connectivity index (χ4v) is 2.57. The van der Waals surface area contributed by atoms with Crippen molar-refractivity contribution in [3.8, 4) is 10.6 Å². The van der Waals surface area contributed by atoms with Gasteiger partial charge in [-0.1, -0.05) is 40.2 Å². The van der Waals surface area contributed by atoms with E-state index in [1.165, 1.54) is 11.3 Å². The smallest absolute Gasteiger partial charge is 0.296 e. The summed E-state index contributed by atoms with van der Waals surface area (Å²) in [5, 5.41) is 15.9. The number of aryl methyl sites for hydroxylation is 1. The van der Waals surface area contributed by atoms with Crippen molar-refractivity contribution in [2.45, 2.75) is 6.92 Å². The molecule has 0 aliphatic carbocycles. The van der Waals surface area contributed by atoms with Gasteiger partial charge < -0.3 is 4.52 Å². The number of carbonyl (C=O) groups is 1. The summed E-state index contributed by atoms with van der Waals surface area (Å²) < 4.78 is 4.88. The SMILES string of the molecule is Cc1cc(C(=O)Nc2nnc(-c3cccc(Cl)c3)s2)on1. The molecular formula is C13H9ClN4O2S. The van der Waals surface area contributed by atoms with Crippen LogP contribution in [0.2, 0.25) is 5.02 Å². The average Bonchev–Trinajstić information content (AvgIpc) is 3.08. The zero-order chi connectivity index (χ0) is 14.8. The maximum Gasteiger partial charge on any atom is 0.296 e. The molecule has 3 rings (SSSR count). The van der Waals surface area contributed by atoms with Crippen LogP contribution < -0.4 is 5.32 Å². The molecule has 2 heterocycles. The molecule has 0 aliphatic heterocycles. The van der Waals surface area contributed by atoms with Gasteiger partial charge >= 0.3 is 0 Å². The van der Waals surface area contributed by atoms with Gasteiger partial charge in [0, 0.05) is 16.7 Å². The Morgan fingerprint density at radius 1 is 1.33 bits per heavy atom. The van der Waals surface area contributed by atoms with Crippen LogP contribution in [0.1, 0.15) is 16.2 Å². The zero-order valence-corrected chi connectivity index (χ0v) is 12.4. The summed E-state index contributed by atoms with van der Waals surface area (Å²) in [5.74, 6) is -0.281. The number of carbonyl (C=O) groups excluding carboxylic acids is 1. The van der Waals surface area contributed by atoms with Gasteiger partial charge in [-0.05, 0) is 19.1 Å². The highest BCUT2D eigenvalue weighted by Gasteiger charge is 2.15. The number of hydrogen-bond donors (Lipinski definition) is 1. The van der Waals surface area contributed by atoms with Crippen molar-refractivity contribution >= 4 is 34.0 Å². The zero-order valence-electron chi connectivity index (χ0n) is 10.8. The average molecular weight is 321 g/mol. The Bertz CT molecular complexity index is 799. The molecule has 0 aliphatic rings. The minimum absolute atomic E-state index is 0.131. The molecule has 21 heavy (non-hydrogen) atoms. The van der Waals surface area contributed by atoms with Crippen LogP contribution in [-0.4, -0.2) is 21.3 Å². The molecule has 106 valence electrons. The fourth-order valence-electron chi connectivity index (χ4n) is 1.64. The number of hydrogen-bond acceptors (Lipinski definition) is 6. The van der Waals surface area contributed by atoms with Gasteiger partial charge in [-0.15, -0.1) is 10.2 Å². The van der Waals surface area contributed by atoms with Gasteiger partial charge in [0.2, 0.25) is 10.9 Å². The van der Waals surface area contributed by atoms with Gasteiger partial charge in [0.15, 0.2) is 0 Å². The predicted octanol–water partition coefficient (Wildman–Crippen LogP) is 3.41. The first kappa shape index (κ1) is 13.7. The van der Waals surface area contributed by atoms with Crippen molar-refractivity contribution in [1.82, 2.24) is 15.4 Å². The summed E-state index contributed by atoms with van der Waals surface area (Å²) in [6.45, 7) is 1.74. The van der Waals surface area contributed by atoms with Crippen molar-refractivity contribution in [2.75, 3.05) is 5.32 Å². The highest BCUT2D eigenvalue weighted by atomic mass is 35.5. The second kappa shape index (κ2) is 5.63. The lowest BCUT2D eigenvalue weighted by atomic mass is 10.2. The van der Waals surface area contributed by atoms with Gasteiger partial charge in [0.25, 0.3) is 5.91 Å². The third-order valence-corrected chi connectivity index (χ3v) is 3.69. The van der Waals surface area contributed by atoms with Crippen molar-refractivity contribution < 1.29 is 9.32 Å². The lowest BCUT2D eigenvalue weighted by Crippen LogP contribution is -2.10. The molecule has 0 fully saturated rings. The Labute approximate surface area is 128 Å². The van der Waals surface area contributed by atoms with E-state index in [-0.39, 0.29) is 5.76 Å². The van der Waals surface area contributed by atoms with E-state index in [9.17, 15) is 4.79 Å². The van der Waals surface area contributed by atoms with E-state index in [0.29, 0.717) is 20.9 Å². The van der Waals surface area contributed by atoms with Crippen LogP contribution in [0.15, 0.2) is 34.9 Å². The summed E-state index contributed by atoms with van der Waals surface area (Å²) in [7, 11) is 0. The normalized spacial score (nSPS) is 10.6. The molecule has 0 unspecified atom stereocenters. The molecule has 1 amide bonds. The number of nitrogens with zero attached hydrogens (tertiary/aromatic N) is 3. The first-order chi connectivity index (χ1) is 10.1. The van der Waals surface area contributed by atoms with Gasteiger partial charge in [-0.25, -0.2) is 0 Å². The van der Waals surface area contributed by atoms with Crippen molar-refractivity contribution in [3.05, 3.63) is 46.8 Å². The first-order valence-corrected chi connectivity index (χ1v) is 7.15. The fraction of sp³-hybridized carbons (Fsp3) is 0.0769. The predicted molar refractivity (Wildman–Crippen MR) is 79.5 cm³/mol. The third kappa shape index (κ3) is 3.09. The highest BCUT2D eigenvalue weighted by molar-refractivity contribution is 7.18. The molecule has 0 bridgehead atoms. The summed E-state index contributed by atoms with van der Waals surface area (Å²) in [5.41, 5.74) is 1.48. The summed E-state index contributed by atoms with van der Waals surface area (Å²) in [6, 6.07) is 8.81. The molecular weight excluding hydrogens is 312 g/mol. The number of aromatic nitrogens is 3. The molecule has 6 nitrogen and oxygen atoms in total. The maximum absolute atomic E-state index is 11.9. The van der Waals surface area contributed by atoms with E-state index in [2.05, 4.69) is 20.7 Å². The van der Waals surface area contributed by atoms with E-state index in [1.54, 1.807) is 25.1 Å². The lowest BCUT2D eigenvalue weighted by Gasteiger charge is -1.96. The molecule has 0 atom stereocenters. The first-order valence-electron chi connectivity index (χ1n) is 5.96.